The van der Waals surface area contributed by atoms with E-state index in [1.807, 2.05) is 0 Å². The fraction of sp³-hybridized carbons (Fsp3) is 0.214. The summed E-state index contributed by atoms with van der Waals surface area (Å²) in [5.41, 5.74) is 1.50. The summed E-state index contributed by atoms with van der Waals surface area (Å²) in [6.45, 7) is 1.72. The third-order valence-corrected chi connectivity index (χ3v) is 5.39. The molecule has 0 aliphatic heterocycles. The Hall–Kier alpha value is -1.63. The summed E-state index contributed by atoms with van der Waals surface area (Å²) in [7, 11) is 1.54. The van der Waals surface area contributed by atoms with Crippen molar-refractivity contribution in [1.29, 1.82) is 0 Å². The standard InChI is InChI=1S/C14H10O4S2/c1-6(15)9-3-8-11(16)10-7(4-18-2)5-19-14(10)12(17)13(8)20-9/h3,5H,4H2,1-2H3. The molecule has 0 spiro atoms. The summed E-state index contributed by atoms with van der Waals surface area (Å²) in [4.78, 5) is 37.7. The molecule has 0 aromatic carbocycles. The SMILES string of the molecule is COCc1csc2c1C(=O)c1cc(C(C)=O)sc1C2=O. The molecule has 3 rings (SSSR count). The Morgan fingerprint density at radius 2 is 2.00 bits per heavy atom. The van der Waals surface area contributed by atoms with Gasteiger partial charge in [-0.3, -0.25) is 14.4 Å². The summed E-state index contributed by atoms with van der Waals surface area (Å²) in [6.07, 6.45) is 0. The van der Waals surface area contributed by atoms with Gasteiger partial charge in [0.05, 0.1) is 26.8 Å². The third-order valence-electron chi connectivity index (χ3n) is 3.13. The molecular weight excluding hydrogens is 296 g/mol. The zero-order chi connectivity index (χ0) is 14.4. The summed E-state index contributed by atoms with van der Waals surface area (Å²) in [6, 6.07) is 1.53. The smallest absolute Gasteiger partial charge is 0.214 e. The van der Waals surface area contributed by atoms with Gasteiger partial charge in [0.25, 0.3) is 0 Å². The van der Waals surface area contributed by atoms with Gasteiger partial charge in [0.2, 0.25) is 5.78 Å². The number of carbonyl (C=O) groups excluding carboxylic acids is 3. The van der Waals surface area contributed by atoms with E-state index in [1.54, 1.807) is 12.5 Å². The van der Waals surface area contributed by atoms with E-state index in [0.29, 0.717) is 32.4 Å². The van der Waals surface area contributed by atoms with Crippen LogP contribution in [0.4, 0.5) is 0 Å². The van der Waals surface area contributed by atoms with E-state index in [0.717, 1.165) is 16.9 Å². The van der Waals surface area contributed by atoms with Crippen LogP contribution in [0, 0.1) is 0 Å². The Labute approximate surface area is 123 Å². The summed E-state index contributed by atoms with van der Waals surface area (Å²) >= 11 is 2.35. The van der Waals surface area contributed by atoms with Gasteiger partial charge in [-0.2, -0.15) is 0 Å². The Balaban J connectivity index is 2.18. The molecule has 6 heteroatoms. The van der Waals surface area contributed by atoms with Crippen LogP contribution in [0.25, 0.3) is 0 Å². The van der Waals surface area contributed by atoms with Gasteiger partial charge in [-0.25, -0.2) is 0 Å². The zero-order valence-electron chi connectivity index (χ0n) is 10.8. The second-order valence-electron chi connectivity index (χ2n) is 4.47. The molecule has 0 bridgehead atoms. The molecular formula is C14H10O4S2. The van der Waals surface area contributed by atoms with E-state index < -0.39 is 0 Å². The molecule has 1 aliphatic rings. The molecule has 2 heterocycles. The molecule has 0 radical (unpaired) electrons. The van der Waals surface area contributed by atoms with E-state index >= 15 is 0 Å². The van der Waals surface area contributed by atoms with Gasteiger partial charge in [-0.15, -0.1) is 22.7 Å². The van der Waals surface area contributed by atoms with Crippen molar-refractivity contribution in [3.05, 3.63) is 42.8 Å². The maximum absolute atomic E-state index is 12.5. The largest absolute Gasteiger partial charge is 0.380 e. The monoisotopic (exact) mass is 306 g/mol. The number of hydrogen-bond donors (Lipinski definition) is 0. The summed E-state index contributed by atoms with van der Waals surface area (Å²) in [5.74, 6) is -0.489. The molecule has 0 unspecified atom stereocenters. The molecule has 4 nitrogen and oxygen atoms in total. The van der Waals surface area contributed by atoms with E-state index in [9.17, 15) is 14.4 Å². The number of Topliss-reactive ketones (excluding diaryl/α,β-unsaturated/α-hetero) is 1. The first-order chi connectivity index (χ1) is 9.54. The highest BCUT2D eigenvalue weighted by molar-refractivity contribution is 7.19. The maximum atomic E-state index is 12.5. The number of hydrogen-bond acceptors (Lipinski definition) is 6. The normalized spacial score (nSPS) is 13.3. The fourth-order valence-electron chi connectivity index (χ4n) is 2.21. The molecule has 20 heavy (non-hydrogen) atoms. The van der Waals surface area contributed by atoms with E-state index in [-0.39, 0.29) is 17.3 Å². The molecule has 0 saturated heterocycles. The Kier molecular flexibility index (Phi) is 3.16. The van der Waals surface area contributed by atoms with Gasteiger partial charge in [-0.05, 0) is 18.4 Å². The molecule has 0 amide bonds. The van der Waals surface area contributed by atoms with E-state index in [2.05, 4.69) is 0 Å². The van der Waals surface area contributed by atoms with Crippen LogP contribution in [0.1, 0.15) is 52.6 Å². The lowest BCUT2D eigenvalue weighted by atomic mass is 9.92. The Morgan fingerprint density at radius 1 is 1.25 bits per heavy atom. The van der Waals surface area contributed by atoms with Crippen LogP contribution < -0.4 is 0 Å². The molecule has 0 saturated carbocycles. The highest BCUT2D eigenvalue weighted by Crippen LogP contribution is 2.38. The quantitative estimate of drug-likeness (QED) is 0.698. The highest BCUT2D eigenvalue weighted by atomic mass is 32.1. The molecule has 2 aromatic heterocycles. The average Bonchev–Trinajstić information content (AvgIpc) is 3.01. The van der Waals surface area contributed by atoms with Crippen molar-refractivity contribution in [3.63, 3.8) is 0 Å². The van der Waals surface area contributed by atoms with Crippen molar-refractivity contribution in [2.75, 3.05) is 7.11 Å². The van der Waals surface area contributed by atoms with Crippen LogP contribution >= 0.6 is 22.7 Å². The first-order valence-corrected chi connectivity index (χ1v) is 7.57. The van der Waals surface area contributed by atoms with Crippen LogP contribution in [0.15, 0.2) is 11.4 Å². The number of rotatable bonds is 3. The van der Waals surface area contributed by atoms with Gasteiger partial charge >= 0.3 is 0 Å². The molecule has 102 valence electrons. The minimum Gasteiger partial charge on any atom is -0.380 e. The van der Waals surface area contributed by atoms with Crippen LogP contribution in [-0.4, -0.2) is 24.5 Å². The van der Waals surface area contributed by atoms with Crippen LogP contribution in [0.3, 0.4) is 0 Å². The van der Waals surface area contributed by atoms with E-state index in [1.165, 1.54) is 24.3 Å². The third kappa shape index (κ3) is 1.80. The topological polar surface area (TPSA) is 60.4 Å². The average molecular weight is 306 g/mol. The van der Waals surface area contributed by atoms with Gasteiger partial charge in [-0.1, -0.05) is 0 Å². The lowest BCUT2D eigenvalue weighted by molar-refractivity contribution is 0.0982. The maximum Gasteiger partial charge on any atom is 0.214 e. The molecule has 1 aliphatic carbocycles. The highest BCUT2D eigenvalue weighted by Gasteiger charge is 2.35. The lowest BCUT2D eigenvalue weighted by Crippen LogP contribution is -2.17. The predicted molar refractivity (Wildman–Crippen MR) is 76.2 cm³/mol. The van der Waals surface area contributed by atoms with Crippen molar-refractivity contribution in [1.82, 2.24) is 0 Å². The zero-order valence-corrected chi connectivity index (χ0v) is 12.4. The van der Waals surface area contributed by atoms with Gasteiger partial charge in [0.15, 0.2) is 11.6 Å². The van der Waals surface area contributed by atoms with Gasteiger partial charge in [0, 0.05) is 18.2 Å². The Bertz CT molecular complexity index is 751. The van der Waals surface area contributed by atoms with E-state index in [4.69, 9.17) is 4.74 Å². The van der Waals surface area contributed by atoms with Gasteiger partial charge in [0.1, 0.15) is 0 Å². The van der Waals surface area contributed by atoms with Crippen LogP contribution in [0.5, 0.6) is 0 Å². The molecule has 0 atom stereocenters. The van der Waals surface area contributed by atoms with Crippen LogP contribution in [-0.2, 0) is 11.3 Å². The number of fused-ring (bicyclic) bond motifs is 2. The number of ketones is 3. The van der Waals surface area contributed by atoms with Crippen LogP contribution in [0.2, 0.25) is 0 Å². The molecule has 0 fully saturated rings. The summed E-state index contributed by atoms with van der Waals surface area (Å²) in [5, 5.41) is 1.78. The number of thiophene rings is 2. The first kappa shape index (κ1) is 13.4. The minimum absolute atomic E-state index is 0.134. The lowest BCUT2D eigenvalue weighted by Gasteiger charge is -2.11. The van der Waals surface area contributed by atoms with Gasteiger partial charge < -0.3 is 4.74 Å². The second-order valence-corrected chi connectivity index (χ2v) is 6.40. The first-order valence-electron chi connectivity index (χ1n) is 5.88. The fourth-order valence-corrected chi connectivity index (χ4v) is 4.27. The molecule has 2 aromatic rings. The van der Waals surface area contributed by atoms with Crippen molar-refractivity contribution in [3.8, 4) is 0 Å². The van der Waals surface area contributed by atoms with Crippen molar-refractivity contribution in [2.45, 2.75) is 13.5 Å². The van der Waals surface area contributed by atoms with Crippen molar-refractivity contribution in [2.24, 2.45) is 0 Å². The predicted octanol–water partition coefficient (Wildman–Crippen LogP) is 2.93. The minimum atomic E-state index is -0.188. The number of methoxy groups -OCH3 is 1. The molecule has 0 N–H and O–H groups in total. The summed E-state index contributed by atoms with van der Waals surface area (Å²) < 4.78 is 5.06. The number of carbonyl (C=O) groups is 3. The van der Waals surface area contributed by atoms with Crippen molar-refractivity contribution < 1.29 is 19.1 Å². The Morgan fingerprint density at radius 3 is 2.65 bits per heavy atom. The van der Waals surface area contributed by atoms with Crippen molar-refractivity contribution >= 4 is 40.0 Å². The second kappa shape index (κ2) is 4.73. The number of ether oxygens (including phenoxy) is 1.